The van der Waals surface area contributed by atoms with Crippen LogP contribution in [-0.2, 0) is 27.9 Å². The van der Waals surface area contributed by atoms with Crippen molar-refractivity contribution in [2.45, 2.75) is 31.7 Å². The molecule has 0 amide bonds. The van der Waals surface area contributed by atoms with Crippen molar-refractivity contribution in [2.24, 2.45) is 12.5 Å². The molecule has 0 bridgehead atoms. The fourth-order valence-electron chi connectivity index (χ4n) is 4.12. The van der Waals surface area contributed by atoms with Gasteiger partial charge in [-0.05, 0) is 25.5 Å². The Morgan fingerprint density at radius 2 is 1.62 bits per heavy atom. The topological polar surface area (TPSA) is 134 Å². The average Bonchev–Trinajstić information content (AvgIpc) is 3.14. The summed E-state index contributed by atoms with van der Waals surface area (Å²) in [6, 6.07) is 1.86. The number of rotatable bonds is 3. The van der Waals surface area contributed by atoms with Crippen molar-refractivity contribution in [1.29, 1.82) is 0 Å². The van der Waals surface area contributed by atoms with Gasteiger partial charge in [0.2, 0.25) is 5.95 Å². The Morgan fingerprint density at radius 1 is 1.03 bits per heavy atom. The highest BCUT2D eigenvalue weighted by atomic mass is 19.4. The van der Waals surface area contributed by atoms with Crippen LogP contribution < -0.4 is 4.90 Å². The van der Waals surface area contributed by atoms with Crippen LogP contribution in [0.15, 0.2) is 30.9 Å². The molecule has 2 N–H and O–H groups in total. The minimum Gasteiger partial charge on any atom is -0.475 e. The zero-order chi connectivity index (χ0) is 29.3. The molecule has 1 unspecified atom stereocenters. The van der Waals surface area contributed by atoms with Gasteiger partial charge < -0.3 is 19.8 Å². The number of ether oxygens (including phenoxy) is 1. The van der Waals surface area contributed by atoms with Crippen LogP contribution >= 0.6 is 0 Å². The number of hydrogen-bond donors (Lipinski definition) is 2. The second-order valence-corrected chi connectivity index (χ2v) is 8.97. The molecule has 4 heterocycles. The van der Waals surface area contributed by atoms with Crippen molar-refractivity contribution in [3.8, 4) is 0 Å². The molecule has 2 aliphatic heterocycles. The third-order valence-corrected chi connectivity index (χ3v) is 5.67. The third kappa shape index (κ3) is 10.7. The highest BCUT2D eigenvalue weighted by Crippen LogP contribution is 2.34. The normalized spacial score (nSPS) is 20.2. The lowest BCUT2D eigenvalue weighted by molar-refractivity contribution is -0.193. The van der Waals surface area contributed by atoms with Gasteiger partial charge >= 0.3 is 24.3 Å². The van der Waals surface area contributed by atoms with Crippen molar-refractivity contribution in [3.63, 3.8) is 0 Å². The third-order valence-electron chi connectivity index (χ3n) is 5.67. The van der Waals surface area contributed by atoms with E-state index in [1.807, 2.05) is 36.4 Å². The van der Waals surface area contributed by atoms with Gasteiger partial charge in [-0.25, -0.2) is 19.6 Å². The van der Waals surface area contributed by atoms with Crippen molar-refractivity contribution >= 4 is 17.9 Å². The summed E-state index contributed by atoms with van der Waals surface area (Å²) in [5.41, 5.74) is 1.42. The highest BCUT2D eigenvalue weighted by molar-refractivity contribution is 5.73. The van der Waals surface area contributed by atoms with Gasteiger partial charge in [0.25, 0.3) is 0 Å². The Morgan fingerprint density at radius 3 is 2.13 bits per heavy atom. The number of carboxylic acids is 2. The van der Waals surface area contributed by atoms with E-state index in [1.165, 1.54) is 18.4 Å². The van der Waals surface area contributed by atoms with Crippen molar-refractivity contribution in [2.75, 3.05) is 44.3 Å². The number of likely N-dealkylation sites (tertiary alicyclic amines) is 1. The fraction of sp³-hybridized carbons (Fsp3) is 0.591. The van der Waals surface area contributed by atoms with E-state index in [2.05, 4.69) is 31.1 Å². The van der Waals surface area contributed by atoms with Crippen molar-refractivity contribution < 1.29 is 50.9 Å². The quantitative estimate of drug-likeness (QED) is 0.531. The molecule has 17 heteroatoms. The van der Waals surface area contributed by atoms with Crippen molar-refractivity contribution in [3.05, 3.63) is 36.4 Å². The summed E-state index contributed by atoms with van der Waals surface area (Å²) in [6.45, 7) is 6.51. The van der Waals surface area contributed by atoms with Gasteiger partial charge in [-0.1, -0.05) is 0 Å². The van der Waals surface area contributed by atoms with E-state index < -0.39 is 24.3 Å². The van der Waals surface area contributed by atoms with Crippen molar-refractivity contribution in [1.82, 2.24) is 24.6 Å². The van der Waals surface area contributed by atoms with Gasteiger partial charge in [0.1, 0.15) is 0 Å². The number of nitrogens with zero attached hydrogens (tertiary/aromatic N) is 6. The summed E-state index contributed by atoms with van der Waals surface area (Å²) in [5, 5.41) is 18.5. The molecule has 2 saturated heterocycles. The number of aryl methyl sites for hydroxylation is 1. The standard InChI is InChI=1S/C18H26N6O.2C2HF3O2/c1-22-11-16(10-21-22)12-23-7-2-4-18(13-23)14-24(8-9-25-15-18)17-19-5-3-6-20-17;2*3-2(4,5)1(6)7/h3,5-6,10-11H,2,4,7-9,12-15H2,1H3;2*(H,6,7). The summed E-state index contributed by atoms with van der Waals surface area (Å²) < 4.78 is 71.3. The first-order chi connectivity index (χ1) is 18.1. The Labute approximate surface area is 219 Å². The number of alkyl halides is 6. The number of hydrogen-bond acceptors (Lipinski definition) is 8. The van der Waals surface area contributed by atoms with Crippen LogP contribution in [0.3, 0.4) is 0 Å². The Hall–Kier alpha value is -3.47. The van der Waals surface area contributed by atoms with Crippen LogP contribution in [0.4, 0.5) is 32.3 Å². The predicted octanol–water partition coefficient (Wildman–Crippen LogP) is 2.60. The summed E-state index contributed by atoms with van der Waals surface area (Å²) in [7, 11) is 1.97. The zero-order valence-electron chi connectivity index (χ0n) is 20.8. The number of piperidine rings is 1. The second kappa shape index (κ2) is 13.5. The van der Waals surface area contributed by atoms with Crippen LogP contribution in [0.2, 0.25) is 0 Å². The van der Waals surface area contributed by atoms with E-state index >= 15 is 0 Å². The molecule has 2 aliphatic rings. The lowest BCUT2D eigenvalue weighted by Gasteiger charge is -2.43. The first-order valence-corrected chi connectivity index (χ1v) is 11.5. The number of carbonyl (C=O) groups is 2. The van der Waals surface area contributed by atoms with Crippen LogP contribution in [0.5, 0.6) is 0 Å². The molecule has 0 radical (unpaired) electrons. The van der Waals surface area contributed by atoms with Crippen LogP contribution in [0.25, 0.3) is 0 Å². The van der Waals surface area contributed by atoms with Crippen LogP contribution in [-0.4, -0.2) is 98.5 Å². The number of aliphatic carboxylic acids is 2. The molecular formula is C22H28F6N6O5. The lowest BCUT2D eigenvalue weighted by Crippen LogP contribution is -2.50. The molecule has 2 aromatic heterocycles. The van der Waals surface area contributed by atoms with E-state index in [4.69, 9.17) is 24.5 Å². The van der Waals surface area contributed by atoms with Crippen LogP contribution in [0.1, 0.15) is 18.4 Å². The fourth-order valence-corrected chi connectivity index (χ4v) is 4.12. The maximum atomic E-state index is 10.6. The summed E-state index contributed by atoms with van der Waals surface area (Å²) in [4.78, 5) is 31.5. The maximum Gasteiger partial charge on any atom is 0.490 e. The zero-order valence-corrected chi connectivity index (χ0v) is 20.8. The van der Waals surface area contributed by atoms with Gasteiger partial charge in [0, 0.05) is 62.8 Å². The van der Waals surface area contributed by atoms with E-state index in [0.717, 1.165) is 51.9 Å². The molecule has 0 saturated carbocycles. The molecule has 218 valence electrons. The first kappa shape index (κ1) is 31.7. The maximum absolute atomic E-state index is 10.6. The Kier molecular flexibility index (Phi) is 11.0. The molecule has 39 heavy (non-hydrogen) atoms. The Balaban J connectivity index is 0.000000317. The minimum atomic E-state index is -5.08. The molecule has 0 aliphatic carbocycles. The van der Waals surface area contributed by atoms with Gasteiger partial charge in [-0.15, -0.1) is 0 Å². The smallest absolute Gasteiger partial charge is 0.475 e. The minimum absolute atomic E-state index is 0.149. The number of carboxylic acid groups (broad SMARTS) is 2. The molecule has 4 rings (SSSR count). The summed E-state index contributed by atoms with van der Waals surface area (Å²) in [6.07, 6.45) is -0.0659. The largest absolute Gasteiger partial charge is 0.490 e. The SMILES string of the molecule is Cn1cc(CN2CCCC3(COCCN(c4ncccn4)C3)C2)cn1.O=C(O)C(F)(F)F.O=C(O)C(F)(F)F. The molecular weight excluding hydrogens is 542 g/mol. The number of anilines is 1. The molecule has 2 fully saturated rings. The van der Waals surface area contributed by atoms with E-state index in [1.54, 1.807) is 0 Å². The van der Waals surface area contributed by atoms with Gasteiger partial charge in [0.15, 0.2) is 0 Å². The van der Waals surface area contributed by atoms with E-state index in [-0.39, 0.29) is 5.41 Å². The first-order valence-electron chi connectivity index (χ1n) is 11.5. The molecule has 0 aromatic carbocycles. The Bertz CT molecular complexity index is 1040. The predicted molar refractivity (Wildman–Crippen MR) is 123 cm³/mol. The number of halogens is 6. The van der Waals surface area contributed by atoms with Crippen LogP contribution in [0, 0.1) is 5.41 Å². The number of aromatic nitrogens is 4. The van der Waals surface area contributed by atoms with E-state index in [0.29, 0.717) is 0 Å². The molecule has 2 aromatic rings. The lowest BCUT2D eigenvalue weighted by atomic mass is 9.80. The molecule has 1 spiro atoms. The monoisotopic (exact) mass is 570 g/mol. The second-order valence-electron chi connectivity index (χ2n) is 8.97. The van der Waals surface area contributed by atoms with Gasteiger partial charge in [-0.3, -0.25) is 9.58 Å². The summed E-state index contributed by atoms with van der Waals surface area (Å²) >= 11 is 0. The average molecular weight is 570 g/mol. The summed E-state index contributed by atoms with van der Waals surface area (Å²) in [5.74, 6) is -4.70. The van der Waals surface area contributed by atoms with Gasteiger partial charge in [-0.2, -0.15) is 31.4 Å². The molecule has 11 nitrogen and oxygen atoms in total. The highest BCUT2D eigenvalue weighted by Gasteiger charge is 2.40. The van der Waals surface area contributed by atoms with Gasteiger partial charge in [0.05, 0.1) is 19.4 Å². The van der Waals surface area contributed by atoms with E-state index in [9.17, 15) is 26.3 Å². The molecule has 1 atom stereocenters.